The van der Waals surface area contributed by atoms with Crippen LogP contribution in [0.5, 0.6) is 0 Å². The van der Waals surface area contributed by atoms with Crippen LogP contribution in [0.3, 0.4) is 0 Å². The summed E-state index contributed by atoms with van der Waals surface area (Å²) in [6, 6.07) is 32.2. The van der Waals surface area contributed by atoms with Crippen LogP contribution in [-0.2, 0) is 10.2 Å². The Kier molecular flexibility index (Phi) is 5.33. The molecular weight excluding hydrogens is 435 g/mol. The molecule has 2 aliphatic carbocycles. The van der Waals surface area contributed by atoms with E-state index in [0.29, 0.717) is 26.8 Å². The van der Waals surface area contributed by atoms with Crippen molar-refractivity contribution < 1.29 is 9.84 Å². The molecule has 4 atom stereocenters. The molecule has 0 heterocycles. The van der Waals surface area contributed by atoms with Gasteiger partial charge in [0.25, 0.3) is 0 Å². The van der Waals surface area contributed by atoms with E-state index in [1.54, 1.807) is 7.11 Å². The molecule has 154 valence electrons. The van der Waals surface area contributed by atoms with Crippen LogP contribution in [0.1, 0.15) is 24.0 Å². The van der Waals surface area contributed by atoms with Crippen molar-refractivity contribution in [2.24, 2.45) is 11.8 Å². The number of hydrogen-bond acceptors (Lipinski definition) is 2. The topological polar surface area (TPSA) is 29.5 Å². The van der Waals surface area contributed by atoms with Gasteiger partial charge in [-0.3, -0.25) is 0 Å². The van der Waals surface area contributed by atoms with Crippen molar-refractivity contribution in [1.82, 2.24) is 0 Å². The zero-order valence-electron chi connectivity index (χ0n) is 17.3. The second-order valence-corrected chi connectivity index (χ2v) is 11.0. The van der Waals surface area contributed by atoms with Gasteiger partial charge >= 0.3 is 186 Å². The maximum absolute atomic E-state index is 11.5. The molecule has 30 heavy (non-hydrogen) atoms. The Morgan fingerprint density at radius 1 is 0.867 bits per heavy atom. The molecule has 5 rings (SSSR count). The second-order valence-electron chi connectivity index (χ2n) is 8.69. The van der Waals surface area contributed by atoms with Crippen molar-refractivity contribution in [2.45, 2.75) is 35.3 Å². The monoisotopic (exact) mass is 464 g/mol. The van der Waals surface area contributed by atoms with Crippen molar-refractivity contribution in [2.75, 3.05) is 7.11 Å². The molecule has 2 nitrogen and oxygen atoms in total. The molecule has 1 N–H and O–H groups in total. The summed E-state index contributed by atoms with van der Waals surface area (Å²) >= 11 is 0.397. The van der Waals surface area contributed by atoms with Gasteiger partial charge in [0.1, 0.15) is 0 Å². The van der Waals surface area contributed by atoms with Gasteiger partial charge in [0, 0.05) is 0 Å². The number of hydrogen-bond donors (Lipinski definition) is 1. The van der Waals surface area contributed by atoms with Crippen LogP contribution in [-0.4, -0.2) is 38.9 Å². The molecular formula is C27H28O2Se. The SMILES string of the molecule is COC(C1CC1(c1ccccc1)c1ccccc1)C1(O)CC1C[Se]c1ccccc1. The van der Waals surface area contributed by atoms with E-state index in [2.05, 4.69) is 91.0 Å². The fourth-order valence-corrected chi connectivity index (χ4v) is 7.68. The predicted octanol–water partition coefficient (Wildman–Crippen LogP) is 4.21. The summed E-state index contributed by atoms with van der Waals surface area (Å²) < 4.78 is 7.44. The van der Waals surface area contributed by atoms with E-state index < -0.39 is 5.60 Å². The summed E-state index contributed by atoms with van der Waals surface area (Å²) in [5.41, 5.74) is 1.91. The first-order valence-electron chi connectivity index (χ1n) is 10.7. The molecule has 3 heteroatoms. The number of benzene rings is 3. The molecule has 0 amide bonds. The molecule has 0 aliphatic heterocycles. The second kappa shape index (κ2) is 7.98. The average Bonchev–Trinajstić information content (AvgIpc) is 3.70. The van der Waals surface area contributed by atoms with Crippen molar-refractivity contribution in [3.05, 3.63) is 102 Å². The van der Waals surface area contributed by atoms with Gasteiger partial charge in [-0.15, -0.1) is 0 Å². The molecule has 0 bridgehead atoms. The molecule has 2 saturated carbocycles. The summed E-state index contributed by atoms with van der Waals surface area (Å²) in [4.78, 5) is 0. The van der Waals surface area contributed by atoms with E-state index in [1.807, 2.05) is 0 Å². The zero-order valence-corrected chi connectivity index (χ0v) is 19.0. The Balaban J connectivity index is 1.37. The minimum atomic E-state index is -0.693. The van der Waals surface area contributed by atoms with Crippen molar-refractivity contribution in [3.8, 4) is 0 Å². The molecule has 4 unspecified atom stereocenters. The summed E-state index contributed by atoms with van der Waals surface area (Å²) in [5, 5.41) is 12.6. The minimum absolute atomic E-state index is 0.0589. The normalized spacial score (nSPS) is 27.4. The fourth-order valence-electron chi connectivity index (χ4n) is 5.27. The van der Waals surface area contributed by atoms with Crippen molar-refractivity contribution in [1.29, 1.82) is 0 Å². The third kappa shape index (κ3) is 3.44. The van der Waals surface area contributed by atoms with Crippen molar-refractivity contribution >= 4 is 19.4 Å². The number of aliphatic hydroxyl groups is 1. The number of methoxy groups -OCH3 is 1. The van der Waals surface area contributed by atoms with E-state index in [1.165, 1.54) is 15.6 Å². The Morgan fingerprint density at radius 3 is 1.93 bits per heavy atom. The van der Waals surface area contributed by atoms with Crippen LogP contribution < -0.4 is 4.46 Å². The third-order valence-electron chi connectivity index (χ3n) is 7.02. The van der Waals surface area contributed by atoms with Crippen LogP contribution in [0.4, 0.5) is 0 Å². The molecule has 3 aromatic carbocycles. The van der Waals surface area contributed by atoms with E-state index in [9.17, 15) is 5.11 Å². The Hall–Kier alpha value is -1.90. The summed E-state index contributed by atoms with van der Waals surface area (Å²) in [6.45, 7) is 0. The van der Waals surface area contributed by atoms with Crippen LogP contribution in [0.25, 0.3) is 0 Å². The van der Waals surface area contributed by atoms with Gasteiger partial charge in [0.15, 0.2) is 0 Å². The van der Waals surface area contributed by atoms with Gasteiger partial charge in [-0.1, -0.05) is 0 Å². The number of ether oxygens (including phenoxy) is 1. The van der Waals surface area contributed by atoms with Crippen LogP contribution in [0.2, 0.25) is 5.32 Å². The maximum atomic E-state index is 11.5. The predicted molar refractivity (Wildman–Crippen MR) is 122 cm³/mol. The molecule has 0 saturated heterocycles. The van der Waals surface area contributed by atoms with Gasteiger partial charge in [-0.25, -0.2) is 0 Å². The first-order chi connectivity index (χ1) is 14.7. The quantitative estimate of drug-likeness (QED) is 0.508. The van der Waals surface area contributed by atoms with Gasteiger partial charge in [0.05, 0.1) is 0 Å². The molecule has 0 radical (unpaired) electrons. The van der Waals surface area contributed by atoms with Crippen molar-refractivity contribution in [3.63, 3.8) is 0 Å². The van der Waals surface area contributed by atoms with E-state index in [0.717, 1.165) is 18.2 Å². The molecule has 0 aromatic heterocycles. The molecule has 0 spiro atoms. The first kappa shape index (κ1) is 20.0. The fraction of sp³-hybridized carbons (Fsp3) is 0.333. The van der Waals surface area contributed by atoms with Crippen LogP contribution in [0, 0.1) is 11.8 Å². The number of rotatable bonds is 8. The molecule has 3 aromatic rings. The summed E-state index contributed by atoms with van der Waals surface area (Å²) in [7, 11) is 1.78. The van der Waals surface area contributed by atoms with E-state index >= 15 is 0 Å². The van der Waals surface area contributed by atoms with Gasteiger partial charge < -0.3 is 0 Å². The molecule has 2 aliphatic rings. The first-order valence-corrected chi connectivity index (χ1v) is 12.8. The third-order valence-corrected chi connectivity index (χ3v) is 9.48. The standard InChI is InChI=1S/C27H28O2Se/c1-29-25(27(28)17-22(27)19-30-23-15-9-4-10-16-23)24-18-26(24,20-11-5-2-6-12-20)21-13-7-3-8-14-21/h2-16,22,24-25,28H,17-19H2,1H3. The summed E-state index contributed by atoms with van der Waals surface area (Å²) in [5.74, 6) is 0.638. The van der Waals surface area contributed by atoms with Crippen LogP contribution in [0.15, 0.2) is 91.0 Å². The van der Waals surface area contributed by atoms with Gasteiger partial charge in [-0.2, -0.15) is 0 Å². The van der Waals surface area contributed by atoms with Gasteiger partial charge in [-0.05, 0) is 0 Å². The Morgan fingerprint density at radius 2 is 1.40 bits per heavy atom. The van der Waals surface area contributed by atoms with Gasteiger partial charge in [0.2, 0.25) is 0 Å². The van der Waals surface area contributed by atoms with E-state index in [4.69, 9.17) is 4.74 Å². The average molecular weight is 463 g/mol. The Bertz CT molecular complexity index is 936. The molecule has 2 fully saturated rings. The zero-order chi connectivity index (χ0) is 20.6. The Labute approximate surface area is 185 Å². The van der Waals surface area contributed by atoms with E-state index in [-0.39, 0.29) is 11.5 Å². The van der Waals surface area contributed by atoms with Crippen LogP contribution >= 0.6 is 0 Å². The summed E-state index contributed by atoms with van der Waals surface area (Å²) in [6.07, 6.45) is 1.75.